The molecule has 0 aromatic rings. The molecular formula is C15H32N4O2. The Bertz CT molecular complexity index is 320. The van der Waals surface area contributed by atoms with Crippen molar-refractivity contribution >= 4 is 6.09 Å². The number of rotatable bonds is 5. The molecule has 1 aliphatic heterocycles. The monoisotopic (exact) mass is 300 g/mol. The Kier molecular flexibility index (Phi) is 6.90. The number of ether oxygens (including phenoxy) is 1. The van der Waals surface area contributed by atoms with Crippen molar-refractivity contribution < 1.29 is 9.53 Å². The van der Waals surface area contributed by atoms with Gasteiger partial charge in [0.2, 0.25) is 0 Å². The lowest BCUT2D eigenvalue weighted by Crippen LogP contribution is -2.59. The lowest BCUT2D eigenvalue weighted by atomic mass is 10.00. The van der Waals surface area contributed by atoms with Gasteiger partial charge in [-0.05, 0) is 47.5 Å². The summed E-state index contributed by atoms with van der Waals surface area (Å²) < 4.78 is 5.23. The number of hydrazine groups is 1. The maximum absolute atomic E-state index is 11.7. The number of nitrogens with one attached hydrogen (secondary N) is 2. The van der Waals surface area contributed by atoms with Crippen LogP contribution >= 0.6 is 0 Å². The zero-order chi connectivity index (χ0) is 16.0. The molecule has 3 unspecified atom stereocenters. The highest BCUT2D eigenvalue weighted by Crippen LogP contribution is 2.20. The maximum Gasteiger partial charge on any atom is 0.407 e. The molecule has 1 aliphatic rings. The zero-order valence-electron chi connectivity index (χ0n) is 14.1. The van der Waals surface area contributed by atoms with Gasteiger partial charge in [-0.25, -0.2) is 15.2 Å². The van der Waals surface area contributed by atoms with E-state index in [4.69, 9.17) is 10.5 Å². The molecule has 6 nitrogen and oxygen atoms in total. The van der Waals surface area contributed by atoms with E-state index in [1.165, 1.54) is 19.3 Å². The maximum atomic E-state index is 11.7. The van der Waals surface area contributed by atoms with E-state index in [9.17, 15) is 4.79 Å². The van der Waals surface area contributed by atoms with E-state index in [-0.39, 0.29) is 6.04 Å². The van der Waals surface area contributed by atoms with Crippen molar-refractivity contribution in [2.45, 2.75) is 77.6 Å². The van der Waals surface area contributed by atoms with Gasteiger partial charge in [-0.2, -0.15) is 0 Å². The molecule has 0 aliphatic carbocycles. The second kappa shape index (κ2) is 7.96. The van der Waals surface area contributed by atoms with Crippen molar-refractivity contribution in [3.63, 3.8) is 0 Å². The lowest BCUT2D eigenvalue weighted by molar-refractivity contribution is 0.0279. The third-order valence-corrected chi connectivity index (χ3v) is 3.70. The van der Waals surface area contributed by atoms with Crippen LogP contribution in [0.5, 0.6) is 0 Å². The van der Waals surface area contributed by atoms with Crippen LogP contribution < -0.4 is 16.5 Å². The molecule has 1 heterocycles. The summed E-state index contributed by atoms with van der Waals surface area (Å²) in [5.74, 6) is 0. The van der Waals surface area contributed by atoms with Gasteiger partial charge < -0.3 is 15.8 Å². The quantitative estimate of drug-likeness (QED) is 0.719. The van der Waals surface area contributed by atoms with Gasteiger partial charge in [0.05, 0.1) is 6.04 Å². The highest BCUT2D eigenvalue weighted by Gasteiger charge is 2.26. The largest absolute Gasteiger partial charge is 0.444 e. The number of nitrogens with two attached hydrogens (primary N) is 1. The van der Waals surface area contributed by atoms with E-state index in [0.29, 0.717) is 25.2 Å². The van der Waals surface area contributed by atoms with Crippen molar-refractivity contribution in [2.24, 2.45) is 5.73 Å². The number of nitrogens with zero attached hydrogens (tertiary/aromatic N) is 1. The SMILES string of the molecule is CC1CCCC(C)N1NC(CN)CNC(=O)OC(C)(C)C. The summed E-state index contributed by atoms with van der Waals surface area (Å²) in [6, 6.07) is 0.995. The molecule has 0 aromatic heterocycles. The molecule has 6 heteroatoms. The topological polar surface area (TPSA) is 79.6 Å². The summed E-state index contributed by atoms with van der Waals surface area (Å²) in [6.45, 7) is 10.9. The smallest absolute Gasteiger partial charge is 0.407 e. The van der Waals surface area contributed by atoms with E-state index in [2.05, 4.69) is 29.6 Å². The first-order chi connectivity index (χ1) is 9.73. The number of alkyl carbamates (subject to hydrolysis) is 1. The van der Waals surface area contributed by atoms with Gasteiger partial charge in [0.1, 0.15) is 5.60 Å². The Morgan fingerprint density at radius 3 is 2.38 bits per heavy atom. The standard InChI is InChI=1S/C15H32N4O2/c1-11-7-6-8-12(2)19(11)18-13(9-16)10-17-14(20)21-15(3,4)5/h11-13,18H,6-10,16H2,1-5H3,(H,17,20). The van der Waals surface area contributed by atoms with E-state index >= 15 is 0 Å². The van der Waals surface area contributed by atoms with E-state index in [0.717, 1.165) is 0 Å². The van der Waals surface area contributed by atoms with Crippen LogP contribution in [-0.4, -0.2) is 47.9 Å². The van der Waals surface area contributed by atoms with Gasteiger partial charge >= 0.3 is 6.09 Å². The first-order valence-corrected chi connectivity index (χ1v) is 7.94. The summed E-state index contributed by atoms with van der Waals surface area (Å²) in [5.41, 5.74) is 8.79. The Balaban J connectivity index is 2.42. The molecule has 4 N–H and O–H groups in total. The Hall–Kier alpha value is -0.850. The van der Waals surface area contributed by atoms with Gasteiger partial charge in [0.15, 0.2) is 0 Å². The molecule has 3 atom stereocenters. The molecule has 21 heavy (non-hydrogen) atoms. The van der Waals surface area contributed by atoms with Crippen molar-refractivity contribution in [3.05, 3.63) is 0 Å². The van der Waals surface area contributed by atoms with Gasteiger partial charge in [-0.1, -0.05) is 6.42 Å². The van der Waals surface area contributed by atoms with Gasteiger partial charge in [0, 0.05) is 25.2 Å². The molecule has 124 valence electrons. The van der Waals surface area contributed by atoms with Crippen molar-refractivity contribution in [1.29, 1.82) is 0 Å². The molecule has 0 bridgehead atoms. The van der Waals surface area contributed by atoms with Crippen LogP contribution in [0.2, 0.25) is 0 Å². The van der Waals surface area contributed by atoms with Crippen LogP contribution in [0.3, 0.4) is 0 Å². The molecule has 0 saturated carbocycles. The van der Waals surface area contributed by atoms with Crippen molar-refractivity contribution in [1.82, 2.24) is 15.8 Å². The predicted molar refractivity (Wildman–Crippen MR) is 84.8 cm³/mol. The number of piperidine rings is 1. The predicted octanol–water partition coefficient (Wildman–Crippen LogP) is 1.61. The third-order valence-electron chi connectivity index (χ3n) is 3.70. The van der Waals surface area contributed by atoms with Gasteiger partial charge in [0.25, 0.3) is 0 Å². The minimum atomic E-state index is -0.481. The summed E-state index contributed by atoms with van der Waals surface area (Å²) in [4.78, 5) is 11.7. The molecule has 0 radical (unpaired) electrons. The highest BCUT2D eigenvalue weighted by atomic mass is 16.6. The van der Waals surface area contributed by atoms with Gasteiger partial charge in [-0.3, -0.25) is 0 Å². The van der Waals surface area contributed by atoms with Crippen molar-refractivity contribution in [3.8, 4) is 0 Å². The van der Waals surface area contributed by atoms with Crippen LogP contribution in [0.1, 0.15) is 53.9 Å². The Morgan fingerprint density at radius 1 is 1.33 bits per heavy atom. The normalized spacial score (nSPS) is 25.4. The van der Waals surface area contributed by atoms with Crippen molar-refractivity contribution in [2.75, 3.05) is 13.1 Å². The number of carbonyl (C=O) groups is 1. The Morgan fingerprint density at radius 2 is 1.90 bits per heavy atom. The zero-order valence-corrected chi connectivity index (χ0v) is 14.1. The van der Waals surface area contributed by atoms with E-state index < -0.39 is 11.7 Å². The molecule has 1 saturated heterocycles. The van der Waals surface area contributed by atoms with Gasteiger partial charge in [-0.15, -0.1) is 0 Å². The van der Waals surface area contributed by atoms with Crippen LogP contribution in [-0.2, 0) is 4.74 Å². The number of hydrogen-bond acceptors (Lipinski definition) is 5. The minimum absolute atomic E-state index is 0.0144. The van der Waals surface area contributed by atoms with E-state index in [1.54, 1.807) is 0 Å². The average molecular weight is 300 g/mol. The summed E-state index contributed by atoms with van der Waals surface area (Å²) in [7, 11) is 0. The molecule has 1 fully saturated rings. The highest BCUT2D eigenvalue weighted by molar-refractivity contribution is 5.67. The molecule has 0 aromatic carbocycles. The fourth-order valence-corrected chi connectivity index (χ4v) is 2.59. The van der Waals surface area contributed by atoms with Crippen LogP contribution in [0, 0.1) is 0 Å². The Labute approximate surface area is 128 Å². The van der Waals surface area contributed by atoms with Crippen LogP contribution in [0.15, 0.2) is 0 Å². The molecular weight excluding hydrogens is 268 g/mol. The minimum Gasteiger partial charge on any atom is -0.444 e. The second-order valence-electron chi connectivity index (χ2n) is 6.98. The third kappa shape index (κ3) is 6.63. The summed E-state index contributed by atoms with van der Waals surface area (Å²) in [6.07, 6.45) is 3.24. The van der Waals surface area contributed by atoms with Crippen LogP contribution in [0.25, 0.3) is 0 Å². The summed E-state index contributed by atoms with van der Waals surface area (Å²) >= 11 is 0. The fraction of sp³-hybridized carbons (Fsp3) is 0.933. The first kappa shape index (κ1) is 18.2. The van der Waals surface area contributed by atoms with E-state index in [1.807, 2.05) is 20.8 Å². The lowest BCUT2D eigenvalue weighted by Gasteiger charge is -2.41. The molecule has 0 spiro atoms. The molecule has 1 rings (SSSR count). The fourth-order valence-electron chi connectivity index (χ4n) is 2.59. The molecule has 1 amide bonds. The average Bonchev–Trinajstić information content (AvgIpc) is 2.35. The summed E-state index contributed by atoms with van der Waals surface area (Å²) in [5, 5.41) is 5.05. The number of amides is 1. The second-order valence-corrected chi connectivity index (χ2v) is 6.98. The number of hydrogen-bond donors (Lipinski definition) is 3. The number of carbonyl (C=O) groups excluding carboxylic acids is 1. The van der Waals surface area contributed by atoms with Crippen LogP contribution in [0.4, 0.5) is 4.79 Å². The first-order valence-electron chi connectivity index (χ1n) is 7.94.